The molecule has 0 fully saturated rings. The smallest absolute Gasteiger partial charge is 0.222 e. The van der Waals surface area contributed by atoms with E-state index in [9.17, 15) is 4.79 Å². The number of para-hydroxylation sites is 2. The average Bonchev–Trinajstić information content (AvgIpc) is 2.61. The molecule has 0 aliphatic heterocycles. The van der Waals surface area contributed by atoms with Gasteiger partial charge in [-0.2, -0.15) is 0 Å². The minimum Gasteiger partial charge on any atom is -0.493 e. The summed E-state index contributed by atoms with van der Waals surface area (Å²) in [6, 6.07) is 16.7. The van der Waals surface area contributed by atoms with Crippen LogP contribution in [0.1, 0.15) is 24.9 Å². The van der Waals surface area contributed by atoms with Crippen molar-refractivity contribution in [3.05, 3.63) is 60.2 Å². The second-order valence-electron chi connectivity index (χ2n) is 5.60. The number of nitrogens with two attached hydrogens (primary N) is 1. The molecule has 0 saturated heterocycles. The molecule has 24 heavy (non-hydrogen) atoms. The molecular weight excluding hydrogens is 304 g/mol. The molecule has 5 nitrogen and oxygen atoms in total. The molecular formula is C19H24N2O3. The fraction of sp³-hybridized carbons (Fsp3) is 0.316. The summed E-state index contributed by atoms with van der Waals surface area (Å²) in [6.45, 7) is 2.29. The predicted octanol–water partition coefficient (Wildman–Crippen LogP) is 2.67. The maximum absolute atomic E-state index is 12.0. The van der Waals surface area contributed by atoms with Gasteiger partial charge in [0.25, 0.3) is 0 Å². The van der Waals surface area contributed by atoms with Gasteiger partial charge < -0.3 is 20.5 Å². The molecule has 0 aliphatic rings. The average molecular weight is 328 g/mol. The molecule has 3 N–H and O–H groups in total. The van der Waals surface area contributed by atoms with Crippen molar-refractivity contribution in [2.75, 3.05) is 13.7 Å². The van der Waals surface area contributed by atoms with Gasteiger partial charge in [-0.3, -0.25) is 4.79 Å². The molecule has 2 unspecified atom stereocenters. The second-order valence-corrected chi connectivity index (χ2v) is 5.60. The summed E-state index contributed by atoms with van der Waals surface area (Å²) in [7, 11) is 1.60. The number of benzene rings is 2. The first-order valence-corrected chi connectivity index (χ1v) is 7.97. The molecule has 0 heterocycles. The monoisotopic (exact) mass is 328 g/mol. The topological polar surface area (TPSA) is 73.6 Å². The number of nitrogens with one attached hydrogen (secondary N) is 1. The molecule has 2 aromatic carbocycles. The number of hydrogen-bond acceptors (Lipinski definition) is 4. The fourth-order valence-electron chi connectivity index (χ4n) is 2.32. The van der Waals surface area contributed by atoms with E-state index >= 15 is 0 Å². The van der Waals surface area contributed by atoms with Crippen LogP contribution in [0.2, 0.25) is 0 Å². The maximum Gasteiger partial charge on any atom is 0.222 e. The predicted molar refractivity (Wildman–Crippen MR) is 94.1 cm³/mol. The zero-order valence-corrected chi connectivity index (χ0v) is 14.1. The Morgan fingerprint density at radius 3 is 2.38 bits per heavy atom. The third kappa shape index (κ3) is 5.28. The van der Waals surface area contributed by atoms with Crippen LogP contribution < -0.4 is 20.5 Å². The van der Waals surface area contributed by atoms with Crippen molar-refractivity contribution < 1.29 is 14.3 Å². The summed E-state index contributed by atoms with van der Waals surface area (Å²) in [5, 5.41) is 2.86. The van der Waals surface area contributed by atoms with Crippen LogP contribution in [0.15, 0.2) is 54.6 Å². The van der Waals surface area contributed by atoms with Crippen LogP contribution in [-0.4, -0.2) is 25.7 Å². The van der Waals surface area contributed by atoms with Gasteiger partial charge in [0.05, 0.1) is 13.7 Å². The van der Waals surface area contributed by atoms with Crippen LogP contribution in [0, 0.1) is 0 Å². The number of methoxy groups -OCH3 is 1. The van der Waals surface area contributed by atoms with Crippen LogP contribution >= 0.6 is 0 Å². The van der Waals surface area contributed by atoms with E-state index in [-0.39, 0.29) is 24.5 Å². The first-order chi connectivity index (χ1) is 11.6. The van der Waals surface area contributed by atoms with E-state index in [2.05, 4.69) is 5.32 Å². The van der Waals surface area contributed by atoms with E-state index in [1.807, 2.05) is 61.5 Å². The van der Waals surface area contributed by atoms with E-state index < -0.39 is 0 Å². The molecule has 0 bridgehead atoms. The number of amides is 1. The first kappa shape index (κ1) is 17.8. The Balaban J connectivity index is 1.79. The van der Waals surface area contributed by atoms with Crippen molar-refractivity contribution >= 4 is 5.91 Å². The Labute approximate surface area is 142 Å². The fourth-order valence-corrected chi connectivity index (χ4v) is 2.32. The molecule has 2 aromatic rings. The Kier molecular flexibility index (Phi) is 6.63. The largest absolute Gasteiger partial charge is 0.493 e. The zero-order valence-electron chi connectivity index (χ0n) is 14.1. The maximum atomic E-state index is 12.0. The molecule has 0 saturated carbocycles. The zero-order chi connectivity index (χ0) is 17.4. The highest BCUT2D eigenvalue weighted by atomic mass is 16.5. The van der Waals surface area contributed by atoms with Crippen LogP contribution in [0.3, 0.4) is 0 Å². The molecule has 1 amide bonds. The van der Waals surface area contributed by atoms with Crippen molar-refractivity contribution in [2.24, 2.45) is 5.73 Å². The first-order valence-electron chi connectivity index (χ1n) is 7.97. The SMILES string of the molecule is COc1ccccc1OC(C)CNC(=O)CC(N)c1ccccc1. The van der Waals surface area contributed by atoms with E-state index in [1.54, 1.807) is 7.11 Å². The van der Waals surface area contributed by atoms with Gasteiger partial charge in [-0.05, 0) is 24.6 Å². The summed E-state index contributed by atoms with van der Waals surface area (Å²) < 4.78 is 11.0. The van der Waals surface area contributed by atoms with Crippen LogP contribution in [0.25, 0.3) is 0 Å². The van der Waals surface area contributed by atoms with Crippen LogP contribution in [-0.2, 0) is 4.79 Å². The lowest BCUT2D eigenvalue weighted by Gasteiger charge is -2.18. The lowest BCUT2D eigenvalue weighted by molar-refractivity contribution is -0.121. The Bertz CT molecular complexity index is 646. The minimum absolute atomic E-state index is 0.0955. The minimum atomic E-state index is -0.309. The normalized spacial score (nSPS) is 13.0. The lowest BCUT2D eigenvalue weighted by Crippen LogP contribution is -2.35. The van der Waals surface area contributed by atoms with Crippen molar-refractivity contribution in [2.45, 2.75) is 25.5 Å². The van der Waals surface area contributed by atoms with Gasteiger partial charge in [0.15, 0.2) is 11.5 Å². The number of ether oxygens (including phenoxy) is 2. The summed E-state index contributed by atoms with van der Waals surface area (Å²) in [5.74, 6) is 1.23. The number of rotatable bonds is 8. The van der Waals surface area contributed by atoms with E-state index in [0.29, 0.717) is 18.0 Å². The lowest BCUT2D eigenvalue weighted by atomic mass is 10.0. The highest BCUT2D eigenvalue weighted by Crippen LogP contribution is 2.26. The van der Waals surface area contributed by atoms with E-state index in [0.717, 1.165) is 5.56 Å². The number of hydrogen-bond donors (Lipinski definition) is 2. The highest BCUT2D eigenvalue weighted by Gasteiger charge is 2.13. The van der Waals surface area contributed by atoms with Gasteiger partial charge in [0.1, 0.15) is 6.10 Å². The van der Waals surface area contributed by atoms with Gasteiger partial charge in [0.2, 0.25) is 5.91 Å². The van der Waals surface area contributed by atoms with Crippen LogP contribution in [0.4, 0.5) is 0 Å². The standard InChI is InChI=1S/C19H24N2O3/c1-14(24-18-11-7-6-10-17(18)23-2)13-21-19(22)12-16(20)15-8-4-3-5-9-15/h3-11,14,16H,12-13,20H2,1-2H3,(H,21,22). The molecule has 0 radical (unpaired) electrons. The summed E-state index contributed by atoms with van der Waals surface area (Å²) >= 11 is 0. The summed E-state index contributed by atoms with van der Waals surface area (Å²) in [5.41, 5.74) is 7.01. The van der Waals surface area contributed by atoms with Crippen molar-refractivity contribution in [1.82, 2.24) is 5.32 Å². The van der Waals surface area contributed by atoms with Gasteiger partial charge in [-0.25, -0.2) is 0 Å². The molecule has 5 heteroatoms. The number of carbonyl (C=O) groups excluding carboxylic acids is 1. The van der Waals surface area contributed by atoms with Gasteiger partial charge in [-0.1, -0.05) is 42.5 Å². The van der Waals surface area contributed by atoms with Gasteiger partial charge in [0, 0.05) is 12.5 Å². The van der Waals surface area contributed by atoms with Gasteiger partial charge >= 0.3 is 0 Å². The van der Waals surface area contributed by atoms with E-state index in [1.165, 1.54) is 0 Å². The Morgan fingerprint density at radius 2 is 1.71 bits per heavy atom. The van der Waals surface area contributed by atoms with Gasteiger partial charge in [-0.15, -0.1) is 0 Å². The molecule has 0 spiro atoms. The third-order valence-corrected chi connectivity index (χ3v) is 3.62. The Morgan fingerprint density at radius 1 is 1.08 bits per heavy atom. The quantitative estimate of drug-likeness (QED) is 0.781. The van der Waals surface area contributed by atoms with Crippen LogP contribution in [0.5, 0.6) is 11.5 Å². The summed E-state index contributed by atoms with van der Waals surface area (Å²) in [4.78, 5) is 12.0. The van der Waals surface area contributed by atoms with Crippen molar-refractivity contribution in [1.29, 1.82) is 0 Å². The molecule has 0 aliphatic carbocycles. The number of carbonyl (C=O) groups is 1. The second kappa shape index (κ2) is 8.93. The third-order valence-electron chi connectivity index (χ3n) is 3.62. The molecule has 0 aromatic heterocycles. The molecule has 2 rings (SSSR count). The molecule has 2 atom stereocenters. The van der Waals surface area contributed by atoms with Crippen molar-refractivity contribution in [3.8, 4) is 11.5 Å². The summed E-state index contributed by atoms with van der Waals surface area (Å²) in [6.07, 6.45) is 0.0592. The Hall–Kier alpha value is -2.53. The highest BCUT2D eigenvalue weighted by molar-refractivity contribution is 5.76. The molecule has 128 valence electrons. The van der Waals surface area contributed by atoms with Crippen molar-refractivity contribution in [3.63, 3.8) is 0 Å². The van der Waals surface area contributed by atoms with E-state index in [4.69, 9.17) is 15.2 Å².